The number of morpholine rings is 1. The van der Waals surface area contributed by atoms with E-state index in [-0.39, 0.29) is 11.9 Å². The van der Waals surface area contributed by atoms with Crippen LogP contribution in [-0.4, -0.2) is 43.1 Å². The molecule has 0 spiro atoms. The van der Waals surface area contributed by atoms with Gasteiger partial charge in [-0.1, -0.05) is 22.0 Å². The van der Waals surface area contributed by atoms with E-state index in [9.17, 15) is 9.59 Å². The molecule has 1 aliphatic rings. The maximum absolute atomic E-state index is 11.8. The summed E-state index contributed by atoms with van der Waals surface area (Å²) in [6, 6.07) is 6.59. The van der Waals surface area contributed by atoms with E-state index in [2.05, 4.69) is 26.8 Å². The van der Waals surface area contributed by atoms with Crippen LogP contribution in [0.3, 0.4) is 0 Å². The Labute approximate surface area is 119 Å². The van der Waals surface area contributed by atoms with E-state index in [1.54, 1.807) is 23.1 Å². The first-order chi connectivity index (χ1) is 9.16. The summed E-state index contributed by atoms with van der Waals surface area (Å²) in [5, 5.41) is 0. The predicted molar refractivity (Wildman–Crippen MR) is 72.5 cm³/mol. The third-order valence-electron chi connectivity index (χ3n) is 2.67. The van der Waals surface area contributed by atoms with Gasteiger partial charge in [0.1, 0.15) is 0 Å². The van der Waals surface area contributed by atoms with Crippen molar-refractivity contribution in [2.75, 3.05) is 26.3 Å². The Hall–Kier alpha value is -1.60. The topological polar surface area (TPSA) is 70.7 Å². The lowest BCUT2D eigenvalue weighted by Gasteiger charge is -2.26. The number of ether oxygens (including phenoxy) is 1. The van der Waals surface area contributed by atoms with E-state index in [4.69, 9.17) is 4.74 Å². The van der Waals surface area contributed by atoms with Crippen LogP contribution in [0.1, 0.15) is 10.4 Å². The first-order valence-electron chi connectivity index (χ1n) is 5.85. The van der Waals surface area contributed by atoms with Gasteiger partial charge in [-0.15, -0.1) is 0 Å². The molecule has 0 aliphatic carbocycles. The van der Waals surface area contributed by atoms with Crippen molar-refractivity contribution in [3.63, 3.8) is 0 Å². The van der Waals surface area contributed by atoms with Crippen LogP contribution in [0, 0.1) is 0 Å². The average molecular weight is 328 g/mol. The van der Waals surface area contributed by atoms with Gasteiger partial charge in [-0.2, -0.15) is 0 Å². The molecule has 0 radical (unpaired) electrons. The minimum atomic E-state index is -0.358. The van der Waals surface area contributed by atoms with Crippen molar-refractivity contribution in [2.45, 2.75) is 0 Å². The molecule has 3 amide bonds. The van der Waals surface area contributed by atoms with Crippen molar-refractivity contribution in [1.29, 1.82) is 0 Å². The number of carbonyl (C=O) groups excluding carboxylic acids is 2. The Bertz CT molecular complexity index is 475. The van der Waals surface area contributed by atoms with E-state index < -0.39 is 0 Å². The molecule has 1 heterocycles. The number of hydrogen-bond donors (Lipinski definition) is 2. The molecule has 2 N–H and O–H groups in total. The van der Waals surface area contributed by atoms with Gasteiger partial charge in [0.05, 0.1) is 13.2 Å². The summed E-state index contributed by atoms with van der Waals surface area (Å²) in [5.41, 5.74) is 5.24. The number of benzene rings is 1. The van der Waals surface area contributed by atoms with Crippen LogP contribution < -0.4 is 10.9 Å². The van der Waals surface area contributed by atoms with Gasteiger partial charge < -0.3 is 9.64 Å². The molecule has 19 heavy (non-hydrogen) atoms. The lowest BCUT2D eigenvalue weighted by Crippen LogP contribution is -2.51. The molecule has 2 rings (SSSR count). The highest BCUT2D eigenvalue weighted by Crippen LogP contribution is 2.11. The molecule has 1 saturated heterocycles. The van der Waals surface area contributed by atoms with Gasteiger partial charge in [-0.3, -0.25) is 10.2 Å². The Balaban J connectivity index is 1.84. The van der Waals surface area contributed by atoms with Crippen LogP contribution in [0.15, 0.2) is 28.7 Å². The van der Waals surface area contributed by atoms with Crippen LogP contribution >= 0.6 is 15.9 Å². The normalized spacial score (nSPS) is 14.9. The number of hydrogen-bond acceptors (Lipinski definition) is 3. The van der Waals surface area contributed by atoms with Gasteiger partial charge in [0.15, 0.2) is 0 Å². The maximum Gasteiger partial charge on any atom is 0.336 e. The van der Waals surface area contributed by atoms with E-state index in [0.717, 1.165) is 4.47 Å². The minimum Gasteiger partial charge on any atom is -0.378 e. The number of amides is 3. The van der Waals surface area contributed by atoms with Crippen molar-refractivity contribution in [1.82, 2.24) is 15.8 Å². The van der Waals surface area contributed by atoms with Gasteiger partial charge in [-0.05, 0) is 18.2 Å². The first-order valence-corrected chi connectivity index (χ1v) is 6.65. The van der Waals surface area contributed by atoms with Gasteiger partial charge >= 0.3 is 6.03 Å². The Kier molecular flexibility index (Phi) is 4.75. The number of urea groups is 1. The maximum atomic E-state index is 11.8. The van der Waals surface area contributed by atoms with Crippen LogP contribution in [0.2, 0.25) is 0 Å². The summed E-state index contributed by atoms with van der Waals surface area (Å²) in [6.45, 7) is 2.09. The Morgan fingerprint density at radius 3 is 2.63 bits per heavy atom. The van der Waals surface area contributed by atoms with Gasteiger partial charge in [-0.25, -0.2) is 10.2 Å². The smallest absolute Gasteiger partial charge is 0.336 e. The quantitative estimate of drug-likeness (QED) is 0.760. The summed E-state index contributed by atoms with van der Waals surface area (Å²) in [7, 11) is 0. The molecule has 0 saturated carbocycles. The standard InChI is InChI=1S/C12H14BrN3O3/c13-10-3-1-2-9(8-10)11(17)14-15-12(18)16-4-6-19-7-5-16/h1-3,8H,4-7H2,(H,14,17)(H,15,18). The fourth-order valence-corrected chi connectivity index (χ4v) is 2.06. The molecular weight excluding hydrogens is 314 g/mol. The molecule has 1 aromatic carbocycles. The SMILES string of the molecule is O=C(NNC(=O)N1CCOCC1)c1cccc(Br)c1. The highest BCUT2D eigenvalue weighted by atomic mass is 79.9. The molecule has 1 fully saturated rings. The lowest BCUT2D eigenvalue weighted by molar-refractivity contribution is 0.0519. The van der Waals surface area contributed by atoms with Crippen LogP contribution in [-0.2, 0) is 4.74 Å². The molecular formula is C12H14BrN3O3. The van der Waals surface area contributed by atoms with E-state index >= 15 is 0 Å². The van der Waals surface area contributed by atoms with Gasteiger partial charge in [0.2, 0.25) is 0 Å². The number of carbonyl (C=O) groups is 2. The zero-order valence-corrected chi connectivity index (χ0v) is 11.8. The lowest BCUT2D eigenvalue weighted by atomic mass is 10.2. The molecule has 1 aliphatic heterocycles. The average Bonchev–Trinajstić information content (AvgIpc) is 2.45. The van der Waals surface area contributed by atoms with Crippen LogP contribution in [0.5, 0.6) is 0 Å². The fraction of sp³-hybridized carbons (Fsp3) is 0.333. The summed E-state index contributed by atoms with van der Waals surface area (Å²) < 4.78 is 5.95. The monoisotopic (exact) mass is 327 g/mol. The molecule has 0 unspecified atom stereocenters. The Morgan fingerprint density at radius 2 is 1.95 bits per heavy atom. The fourth-order valence-electron chi connectivity index (χ4n) is 1.66. The van der Waals surface area contributed by atoms with Crippen molar-refractivity contribution in [3.05, 3.63) is 34.3 Å². The highest BCUT2D eigenvalue weighted by molar-refractivity contribution is 9.10. The van der Waals surface area contributed by atoms with Crippen molar-refractivity contribution >= 4 is 27.9 Å². The predicted octanol–water partition coefficient (Wildman–Crippen LogP) is 1.14. The minimum absolute atomic E-state index is 0.327. The molecule has 0 aromatic heterocycles. The van der Waals surface area contributed by atoms with Crippen molar-refractivity contribution in [2.24, 2.45) is 0 Å². The number of rotatable bonds is 1. The molecule has 0 bridgehead atoms. The summed E-state index contributed by atoms with van der Waals surface area (Å²) in [4.78, 5) is 25.1. The van der Waals surface area contributed by atoms with E-state index in [1.165, 1.54) is 0 Å². The number of hydrazine groups is 1. The largest absolute Gasteiger partial charge is 0.378 e. The zero-order chi connectivity index (χ0) is 13.7. The number of nitrogens with one attached hydrogen (secondary N) is 2. The Morgan fingerprint density at radius 1 is 1.21 bits per heavy atom. The van der Waals surface area contributed by atoms with Gasteiger partial charge in [0, 0.05) is 23.1 Å². The summed E-state index contributed by atoms with van der Waals surface area (Å²) >= 11 is 3.28. The zero-order valence-electron chi connectivity index (χ0n) is 10.2. The second-order valence-corrected chi connectivity index (χ2v) is 4.91. The molecule has 0 atom stereocenters. The second kappa shape index (κ2) is 6.53. The van der Waals surface area contributed by atoms with E-state index in [1.807, 2.05) is 6.07 Å². The molecule has 7 heteroatoms. The third-order valence-corrected chi connectivity index (χ3v) is 3.16. The third kappa shape index (κ3) is 3.93. The van der Waals surface area contributed by atoms with Crippen LogP contribution in [0.25, 0.3) is 0 Å². The molecule has 102 valence electrons. The van der Waals surface area contributed by atoms with Crippen molar-refractivity contribution in [3.8, 4) is 0 Å². The van der Waals surface area contributed by atoms with Crippen molar-refractivity contribution < 1.29 is 14.3 Å². The number of halogens is 1. The van der Waals surface area contributed by atoms with E-state index in [0.29, 0.717) is 31.9 Å². The summed E-state index contributed by atoms with van der Waals surface area (Å²) in [6.07, 6.45) is 0. The summed E-state index contributed by atoms with van der Waals surface area (Å²) in [5.74, 6) is -0.358. The first kappa shape index (κ1) is 13.8. The number of nitrogens with zero attached hydrogens (tertiary/aromatic N) is 1. The molecule has 6 nitrogen and oxygen atoms in total. The second-order valence-electron chi connectivity index (χ2n) is 3.99. The van der Waals surface area contributed by atoms with Crippen LogP contribution in [0.4, 0.5) is 4.79 Å². The van der Waals surface area contributed by atoms with Gasteiger partial charge in [0.25, 0.3) is 5.91 Å². The highest BCUT2D eigenvalue weighted by Gasteiger charge is 2.17. The molecule has 1 aromatic rings.